The van der Waals surface area contributed by atoms with Gasteiger partial charge in [-0.3, -0.25) is 19.2 Å². The third-order valence-corrected chi connectivity index (χ3v) is 4.82. The summed E-state index contributed by atoms with van der Waals surface area (Å²) in [6, 6.07) is 10.0. The fourth-order valence-corrected chi connectivity index (χ4v) is 3.56. The van der Waals surface area contributed by atoms with Gasteiger partial charge in [-0.2, -0.15) is 0 Å². The molecule has 0 bridgehead atoms. The maximum Gasteiger partial charge on any atom is 0.308 e. The highest BCUT2D eigenvalue weighted by molar-refractivity contribution is 6.23. The second-order valence-electron chi connectivity index (χ2n) is 8.23. The number of benzene rings is 2. The van der Waals surface area contributed by atoms with E-state index in [-0.39, 0.29) is 17.7 Å². The molecule has 31 heavy (non-hydrogen) atoms. The fourth-order valence-electron chi connectivity index (χ4n) is 3.56. The predicted molar refractivity (Wildman–Crippen MR) is 111 cm³/mol. The first-order valence-corrected chi connectivity index (χ1v) is 9.73. The van der Waals surface area contributed by atoms with Gasteiger partial charge >= 0.3 is 5.97 Å². The predicted octanol–water partition coefficient (Wildman–Crippen LogP) is 3.32. The average Bonchev–Trinajstić information content (AvgIpc) is 2.95. The van der Waals surface area contributed by atoms with Crippen LogP contribution in [-0.2, 0) is 14.4 Å². The SMILES string of the molecule is CC(=O)Oc1ccc(N2C(=O)CC(N(C(=O)c3ccc(F)cc3)C(C)(C)C)C2=O)cc1. The number of carbonyl (C=O) groups excluding carboxylic acids is 4. The Hall–Kier alpha value is -3.55. The number of ether oxygens (including phenoxy) is 1. The lowest BCUT2D eigenvalue weighted by Gasteiger charge is -2.39. The number of nitrogens with zero attached hydrogens (tertiary/aromatic N) is 2. The molecular formula is C23H23FN2O5. The van der Waals surface area contributed by atoms with Crippen LogP contribution in [0.25, 0.3) is 0 Å². The molecule has 162 valence electrons. The number of hydrogen-bond acceptors (Lipinski definition) is 5. The molecule has 1 saturated heterocycles. The van der Waals surface area contributed by atoms with Crippen LogP contribution < -0.4 is 9.64 Å². The van der Waals surface area contributed by atoms with Crippen molar-refractivity contribution in [3.05, 3.63) is 59.9 Å². The van der Waals surface area contributed by atoms with E-state index in [2.05, 4.69) is 0 Å². The topological polar surface area (TPSA) is 84.0 Å². The highest BCUT2D eigenvalue weighted by Gasteiger charge is 2.47. The molecule has 0 aliphatic carbocycles. The first-order chi connectivity index (χ1) is 14.5. The van der Waals surface area contributed by atoms with Crippen LogP contribution in [0.2, 0.25) is 0 Å². The lowest BCUT2D eigenvalue weighted by molar-refractivity contribution is -0.132. The van der Waals surface area contributed by atoms with Gasteiger partial charge in [0.05, 0.1) is 12.1 Å². The molecule has 1 aliphatic heterocycles. The maximum absolute atomic E-state index is 13.3. The summed E-state index contributed by atoms with van der Waals surface area (Å²) in [5, 5.41) is 0. The van der Waals surface area contributed by atoms with Crippen molar-refractivity contribution < 1.29 is 28.3 Å². The number of hydrogen-bond donors (Lipinski definition) is 0. The maximum atomic E-state index is 13.3. The molecule has 8 heteroatoms. The number of esters is 1. The van der Waals surface area contributed by atoms with Crippen molar-refractivity contribution in [2.75, 3.05) is 4.90 Å². The normalized spacial score (nSPS) is 16.4. The zero-order valence-electron chi connectivity index (χ0n) is 17.7. The molecule has 3 rings (SSSR count). The average molecular weight is 426 g/mol. The number of halogens is 1. The van der Waals surface area contributed by atoms with Crippen LogP contribution in [0.4, 0.5) is 10.1 Å². The minimum atomic E-state index is -1.00. The van der Waals surface area contributed by atoms with E-state index in [4.69, 9.17) is 4.74 Å². The summed E-state index contributed by atoms with van der Waals surface area (Å²) in [6.45, 7) is 6.57. The number of carbonyl (C=O) groups is 4. The van der Waals surface area contributed by atoms with Gasteiger partial charge in [0, 0.05) is 18.0 Å². The Labute approximate surface area is 179 Å². The summed E-state index contributed by atoms with van der Waals surface area (Å²) in [7, 11) is 0. The van der Waals surface area contributed by atoms with Gasteiger partial charge in [-0.1, -0.05) is 0 Å². The van der Waals surface area contributed by atoms with Gasteiger partial charge < -0.3 is 9.64 Å². The molecule has 0 radical (unpaired) electrons. The van der Waals surface area contributed by atoms with Crippen molar-refractivity contribution in [2.24, 2.45) is 0 Å². The summed E-state index contributed by atoms with van der Waals surface area (Å²) < 4.78 is 18.3. The number of imide groups is 1. The summed E-state index contributed by atoms with van der Waals surface area (Å²) in [6.07, 6.45) is -0.172. The Morgan fingerprint density at radius 1 is 1.03 bits per heavy atom. The van der Waals surface area contributed by atoms with E-state index in [1.54, 1.807) is 20.8 Å². The molecule has 1 heterocycles. The molecule has 0 saturated carbocycles. The molecule has 1 fully saturated rings. The molecule has 1 atom stereocenters. The van der Waals surface area contributed by atoms with E-state index < -0.39 is 41.1 Å². The van der Waals surface area contributed by atoms with Crippen LogP contribution in [0.3, 0.4) is 0 Å². The highest BCUT2D eigenvalue weighted by Crippen LogP contribution is 2.31. The Balaban J connectivity index is 1.91. The smallest absolute Gasteiger partial charge is 0.308 e. The Bertz CT molecular complexity index is 1030. The summed E-state index contributed by atoms with van der Waals surface area (Å²) in [4.78, 5) is 52.6. The summed E-state index contributed by atoms with van der Waals surface area (Å²) in [5.74, 6) is -2.12. The third-order valence-electron chi connectivity index (χ3n) is 4.82. The van der Waals surface area contributed by atoms with Crippen molar-refractivity contribution in [1.82, 2.24) is 4.90 Å². The molecule has 0 N–H and O–H groups in total. The van der Waals surface area contributed by atoms with Crippen molar-refractivity contribution in [3.8, 4) is 5.75 Å². The molecule has 0 aromatic heterocycles. The minimum Gasteiger partial charge on any atom is -0.427 e. The highest BCUT2D eigenvalue weighted by atomic mass is 19.1. The second-order valence-corrected chi connectivity index (χ2v) is 8.23. The van der Waals surface area contributed by atoms with E-state index in [1.807, 2.05) is 0 Å². The van der Waals surface area contributed by atoms with Crippen LogP contribution in [-0.4, -0.2) is 40.2 Å². The van der Waals surface area contributed by atoms with E-state index in [1.165, 1.54) is 60.4 Å². The van der Waals surface area contributed by atoms with Crippen molar-refractivity contribution >= 4 is 29.4 Å². The van der Waals surface area contributed by atoms with Gasteiger partial charge in [-0.15, -0.1) is 0 Å². The molecule has 7 nitrogen and oxygen atoms in total. The molecule has 1 aliphatic rings. The quantitative estimate of drug-likeness (QED) is 0.425. The van der Waals surface area contributed by atoms with E-state index in [9.17, 15) is 23.6 Å². The van der Waals surface area contributed by atoms with Gasteiger partial charge in [-0.25, -0.2) is 9.29 Å². The fraction of sp³-hybridized carbons (Fsp3) is 0.304. The Kier molecular flexibility index (Phi) is 5.92. The van der Waals surface area contributed by atoms with Crippen molar-refractivity contribution in [3.63, 3.8) is 0 Å². The van der Waals surface area contributed by atoms with Crippen LogP contribution >= 0.6 is 0 Å². The summed E-state index contributed by atoms with van der Waals surface area (Å²) >= 11 is 0. The van der Waals surface area contributed by atoms with Gasteiger partial charge in [0.25, 0.3) is 11.8 Å². The van der Waals surface area contributed by atoms with Crippen LogP contribution in [0, 0.1) is 5.82 Å². The van der Waals surface area contributed by atoms with Crippen LogP contribution in [0.15, 0.2) is 48.5 Å². The van der Waals surface area contributed by atoms with Crippen molar-refractivity contribution in [2.45, 2.75) is 45.7 Å². The molecule has 3 amide bonds. The van der Waals surface area contributed by atoms with E-state index in [0.717, 1.165) is 4.90 Å². The Morgan fingerprint density at radius 3 is 2.13 bits per heavy atom. The van der Waals surface area contributed by atoms with Gasteiger partial charge in [0.2, 0.25) is 5.91 Å². The molecule has 2 aromatic carbocycles. The molecule has 1 unspecified atom stereocenters. The number of amides is 3. The zero-order valence-corrected chi connectivity index (χ0v) is 17.7. The van der Waals surface area contributed by atoms with Gasteiger partial charge in [0.1, 0.15) is 17.6 Å². The van der Waals surface area contributed by atoms with E-state index in [0.29, 0.717) is 5.69 Å². The lowest BCUT2D eigenvalue weighted by Crippen LogP contribution is -2.54. The first-order valence-electron chi connectivity index (χ1n) is 9.73. The van der Waals surface area contributed by atoms with Gasteiger partial charge in [-0.05, 0) is 69.3 Å². The second kappa shape index (κ2) is 8.29. The standard InChI is InChI=1S/C23H23FN2O5/c1-14(27)31-18-11-9-17(10-12-18)25-20(28)13-19(22(25)30)26(23(2,3)4)21(29)15-5-7-16(24)8-6-15/h5-12,19H,13H2,1-4H3. The summed E-state index contributed by atoms with van der Waals surface area (Å²) in [5.41, 5.74) is -0.237. The monoisotopic (exact) mass is 426 g/mol. The largest absolute Gasteiger partial charge is 0.427 e. The minimum absolute atomic E-state index is 0.172. The van der Waals surface area contributed by atoms with E-state index >= 15 is 0 Å². The molecule has 2 aromatic rings. The molecular weight excluding hydrogens is 403 g/mol. The van der Waals surface area contributed by atoms with Crippen molar-refractivity contribution in [1.29, 1.82) is 0 Å². The van der Waals surface area contributed by atoms with Crippen LogP contribution in [0.1, 0.15) is 44.5 Å². The molecule has 0 spiro atoms. The Morgan fingerprint density at radius 2 is 1.61 bits per heavy atom. The van der Waals surface area contributed by atoms with Gasteiger partial charge in [0.15, 0.2) is 0 Å². The number of rotatable bonds is 4. The zero-order chi connectivity index (χ0) is 22.9. The third kappa shape index (κ3) is 4.63. The lowest BCUT2D eigenvalue weighted by atomic mass is 9.99. The number of anilines is 1. The van der Waals surface area contributed by atoms with Crippen LogP contribution in [0.5, 0.6) is 5.75 Å². The first kappa shape index (κ1) is 22.1.